The summed E-state index contributed by atoms with van der Waals surface area (Å²) >= 11 is 1.25. The maximum Gasteiger partial charge on any atom is 0.270 e. The van der Waals surface area contributed by atoms with Crippen molar-refractivity contribution in [2.24, 2.45) is 18.2 Å². The number of nitrogens with two attached hydrogens (primary N) is 2. The first kappa shape index (κ1) is 22.1. The van der Waals surface area contributed by atoms with Crippen molar-refractivity contribution in [1.82, 2.24) is 9.55 Å². The highest BCUT2D eigenvalue weighted by atomic mass is 32.2. The Kier molecular flexibility index (Phi) is 5.77. The van der Waals surface area contributed by atoms with Crippen LogP contribution in [-0.2, 0) is 18.0 Å². The van der Waals surface area contributed by atoms with Crippen LogP contribution in [0.3, 0.4) is 0 Å². The summed E-state index contributed by atoms with van der Waals surface area (Å²) in [5.74, 6) is 0.807. The summed E-state index contributed by atoms with van der Waals surface area (Å²) in [6, 6.07) is 15.7. The van der Waals surface area contributed by atoms with Crippen LogP contribution >= 0.6 is 20.2 Å². The second kappa shape index (κ2) is 8.60. The molecule has 0 saturated carbocycles. The molecular formula is C24H26N5O2PS. The van der Waals surface area contributed by atoms with Crippen LogP contribution in [0.4, 0.5) is 11.8 Å². The first-order valence-electron chi connectivity index (χ1n) is 11.0. The predicted molar refractivity (Wildman–Crippen MR) is 133 cm³/mol. The highest BCUT2D eigenvalue weighted by molar-refractivity contribution is 7.99. The van der Waals surface area contributed by atoms with E-state index < -0.39 is 0 Å². The Bertz CT molecular complexity index is 1290. The molecule has 2 aromatic carbocycles. The number of piperidine rings is 1. The third-order valence-corrected chi connectivity index (χ3v) is 8.60. The monoisotopic (exact) mass is 479 g/mol. The largest absolute Gasteiger partial charge is 0.382 e. The highest BCUT2D eigenvalue weighted by Gasteiger charge is 2.46. The Balaban J connectivity index is 1.37. The van der Waals surface area contributed by atoms with E-state index in [2.05, 4.69) is 34.1 Å². The van der Waals surface area contributed by atoms with Crippen molar-refractivity contribution in [2.45, 2.75) is 35.1 Å². The molecule has 2 heterocycles. The van der Waals surface area contributed by atoms with E-state index in [1.165, 1.54) is 22.9 Å². The van der Waals surface area contributed by atoms with Gasteiger partial charge in [0.2, 0.25) is 5.95 Å². The molecule has 1 atom stereocenters. The number of hydrogen-bond acceptors (Lipinski definition) is 7. The van der Waals surface area contributed by atoms with Crippen molar-refractivity contribution in [2.75, 3.05) is 23.7 Å². The number of nitrogen functional groups attached to an aromatic ring is 1. The van der Waals surface area contributed by atoms with Gasteiger partial charge in [0.1, 0.15) is 10.7 Å². The van der Waals surface area contributed by atoms with Crippen LogP contribution in [0, 0.1) is 5.41 Å². The van der Waals surface area contributed by atoms with E-state index in [4.69, 9.17) is 11.5 Å². The van der Waals surface area contributed by atoms with E-state index in [1.54, 1.807) is 29.8 Å². The molecule has 5 rings (SSSR count). The van der Waals surface area contributed by atoms with Crippen molar-refractivity contribution in [3.05, 3.63) is 70.0 Å². The summed E-state index contributed by atoms with van der Waals surface area (Å²) in [4.78, 5) is 21.1. The minimum Gasteiger partial charge on any atom is -0.382 e. The zero-order valence-corrected chi connectivity index (χ0v) is 20.1. The molecule has 0 amide bonds. The number of anilines is 2. The molecule has 4 N–H and O–H groups in total. The van der Waals surface area contributed by atoms with Crippen LogP contribution in [-0.4, -0.2) is 22.6 Å². The van der Waals surface area contributed by atoms with Gasteiger partial charge < -0.3 is 16.4 Å². The van der Waals surface area contributed by atoms with Crippen LogP contribution in [0.2, 0.25) is 0 Å². The van der Waals surface area contributed by atoms with Crippen LogP contribution in [0.25, 0.3) is 0 Å². The van der Waals surface area contributed by atoms with Gasteiger partial charge in [-0.2, -0.15) is 4.98 Å². The Morgan fingerprint density at radius 1 is 1.15 bits per heavy atom. The summed E-state index contributed by atoms with van der Waals surface area (Å²) in [6.45, 7) is 1.55. The lowest BCUT2D eigenvalue weighted by molar-refractivity contribution is 0.186. The molecule has 1 aromatic heterocycles. The van der Waals surface area contributed by atoms with E-state index in [0.717, 1.165) is 37.2 Å². The maximum absolute atomic E-state index is 13.2. The lowest BCUT2D eigenvalue weighted by Crippen LogP contribution is -2.46. The summed E-state index contributed by atoms with van der Waals surface area (Å²) < 4.78 is 12.7. The smallest absolute Gasteiger partial charge is 0.270 e. The number of aromatic nitrogens is 2. The van der Waals surface area contributed by atoms with Crippen molar-refractivity contribution in [3.63, 3.8) is 0 Å². The Morgan fingerprint density at radius 3 is 2.64 bits per heavy atom. The second-order valence-corrected chi connectivity index (χ2v) is 10.7. The molecule has 0 bridgehead atoms. The Hall–Kier alpha value is -2.67. The van der Waals surface area contributed by atoms with Crippen molar-refractivity contribution in [1.29, 1.82) is 0 Å². The zero-order chi connectivity index (χ0) is 23.2. The van der Waals surface area contributed by atoms with E-state index >= 15 is 0 Å². The molecule has 0 unspecified atom stereocenters. The molecule has 1 aliphatic heterocycles. The van der Waals surface area contributed by atoms with Crippen molar-refractivity contribution < 1.29 is 4.57 Å². The van der Waals surface area contributed by atoms with Gasteiger partial charge in [-0.1, -0.05) is 42.1 Å². The van der Waals surface area contributed by atoms with Crippen molar-refractivity contribution in [3.8, 4) is 0 Å². The van der Waals surface area contributed by atoms with Gasteiger partial charge in [0.15, 0.2) is 8.46 Å². The maximum atomic E-state index is 13.2. The van der Waals surface area contributed by atoms with E-state index in [0.29, 0.717) is 16.1 Å². The lowest BCUT2D eigenvalue weighted by atomic mass is 9.73. The van der Waals surface area contributed by atoms with E-state index in [9.17, 15) is 9.36 Å². The molecule has 2 aliphatic rings. The normalized spacial score (nSPS) is 19.2. The van der Waals surface area contributed by atoms with Gasteiger partial charge in [0.25, 0.3) is 5.56 Å². The first-order chi connectivity index (χ1) is 15.9. The molecule has 1 spiro atoms. The van der Waals surface area contributed by atoms with Gasteiger partial charge in [0, 0.05) is 36.4 Å². The van der Waals surface area contributed by atoms with Crippen LogP contribution in [0.15, 0.2) is 63.1 Å². The number of hydrogen-bond donors (Lipinski definition) is 2. The fourth-order valence-corrected chi connectivity index (χ4v) is 6.51. The molecular weight excluding hydrogens is 453 g/mol. The average molecular weight is 480 g/mol. The molecule has 1 saturated heterocycles. The summed E-state index contributed by atoms with van der Waals surface area (Å²) in [5.41, 5.74) is 15.5. The fraction of sp³-hybridized carbons (Fsp3) is 0.333. The van der Waals surface area contributed by atoms with Crippen LogP contribution in [0.5, 0.6) is 0 Å². The molecule has 9 heteroatoms. The van der Waals surface area contributed by atoms with Crippen LogP contribution < -0.4 is 27.2 Å². The van der Waals surface area contributed by atoms with Gasteiger partial charge in [-0.05, 0) is 54.0 Å². The third kappa shape index (κ3) is 3.86. The molecule has 33 heavy (non-hydrogen) atoms. The van der Waals surface area contributed by atoms with Gasteiger partial charge in [0.05, 0.1) is 0 Å². The minimum atomic E-state index is -0.183. The van der Waals surface area contributed by atoms with Gasteiger partial charge in [-0.3, -0.25) is 13.9 Å². The molecule has 0 radical (unpaired) electrons. The van der Waals surface area contributed by atoms with E-state index in [1.807, 2.05) is 6.07 Å². The lowest BCUT2D eigenvalue weighted by Gasteiger charge is -2.42. The van der Waals surface area contributed by atoms with Gasteiger partial charge in [-0.15, -0.1) is 0 Å². The number of nitrogens with zero attached hydrogens (tertiary/aromatic N) is 3. The SMILES string of the molecule is Cn1c(N2CCC3(CC2)Cc2ccccc2[C@H]3N)nc(N)c(Sc2cccc(P=O)c2)c1=O. The Morgan fingerprint density at radius 2 is 1.91 bits per heavy atom. The number of benzene rings is 2. The Labute approximate surface area is 198 Å². The minimum absolute atomic E-state index is 0.0424. The summed E-state index contributed by atoms with van der Waals surface area (Å²) in [7, 11) is 1.68. The van der Waals surface area contributed by atoms with Gasteiger partial charge in [-0.25, -0.2) is 0 Å². The average Bonchev–Trinajstić information content (AvgIpc) is 3.11. The third-order valence-electron chi connectivity index (χ3n) is 7.03. The molecule has 1 aliphatic carbocycles. The van der Waals surface area contributed by atoms with Gasteiger partial charge >= 0.3 is 0 Å². The quantitative estimate of drug-likeness (QED) is 0.553. The van der Waals surface area contributed by atoms with E-state index in [-0.39, 0.29) is 31.3 Å². The predicted octanol–water partition coefficient (Wildman–Crippen LogP) is 3.27. The standard InChI is InChI=1S/C24H26N5O2PS/c1-28-22(30)19(33-17-7-4-6-16(13-17)32-31)21(26)27-23(28)29-11-9-24(10-12-29)14-15-5-2-3-8-18(15)20(24)25/h2-8,13,20H,9-12,14,25-26H2,1H3/t20-/m1/s1. The van der Waals surface area contributed by atoms with Crippen molar-refractivity contribution >= 4 is 37.3 Å². The molecule has 1 fully saturated rings. The molecule has 3 aromatic rings. The van der Waals surface area contributed by atoms with Crippen LogP contribution in [0.1, 0.15) is 30.0 Å². The first-order valence-corrected chi connectivity index (χ1v) is 12.6. The zero-order valence-electron chi connectivity index (χ0n) is 18.4. The second-order valence-electron chi connectivity index (χ2n) is 8.88. The fourth-order valence-electron chi connectivity index (χ4n) is 5.14. The highest BCUT2D eigenvalue weighted by Crippen LogP contribution is 2.50. The molecule has 170 valence electrons. The number of fused-ring (bicyclic) bond motifs is 1. The molecule has 7 nitrogen and oxygen atoms in total. The summed E-state index contributed by atoms with van der Waals surface area (Å²) in [6.07, 6.45) is 2.89. The number of rotatable bonds is 4. The topological polar surface area (TPSA) is 107 Å². The summed E-state index contributed by atoms with van der Waals surface area (Å²) in [5, 5.41) is 0.648.